The van der Waals surface area contributed by atoms with E-state index in [1.165, 1.54) is 11.8 Å². The van der Waals surface area contributed by atoms with E-state index in [1.54, 1.807) is 23.7 Å². The molecular weight excluding hydrogens is 434 g/mol. The summed E-state index contributed by atoms with van der Waals surface area (Å²) in [5.74, 6) is -0.0573. The van der Waals surface area contributed by atoms with E-state index in [9.17, 15) is 4.79 Å². The molecule has 30 heavy (non-hydrogen) atoms. The fraction of sp³-hybridized carbons (Fsp3) is 0.174. The van der Waals surface area contributed by atoms with Crippen LogP contribution in [0.5, 0.6) is 0 Å². The molecule has 4 rings (SSSR count). The number of nitrogens with one attached hydrogen (secondary N) is 1. The minimum absolute atomic E-state index is 0.0573. The third-order valence-corrected chi connectivity index (χ3v) is 7.43. The molecule has 0 saturated carbocycles. The number of fused-ring (bicyclic) bond motifs is 1. The van der Waals surface area contributed by atoms with Crippen molar-refractivity contribution in [3.8, 4) is 10.4 Å². The molecule has 4 aromatic rings. The van der Waals surface area contributed by atoms with Crippen molar-refractivity contribution in [2.75, 3.05) is 5.32 Å². The smallest absolute Gasteiger partial charge is 0.237 e. The van der Waals surface area contributed by atoms with Gasteiger partial charge in [-0.3, -0.25) is 4.79 Å². The van der Waals surface area contributed by atoms with Crippen LogP contribution in [0.25, 0.3) is 20.7 Å². The third kappa shape index (κ3) is 4.51. The van der Waals surface area contributed by atoms with Gasteiger partial charge in [0.15, 0.2) is 0 Å². The third-order valence-electron chi connectivity index (χ3n) is 4.73. The maximum absolute atomic E-state index is 13.0. The molecule has 2 aromatic heterocycles. The molecule has 1 N–H and O–H groups in total. The topological polar surface area (TPSA) is 54.9 Å². The van der Waals surface area contributed by atoms with Gasteiger partial charge in [-0.25, -0.2) is 9.97 Å². The lowest BCUT2D eigenvalue weighted by Gasteiger charge is -2.16. The molecule has 0 aliphatic heterocycles. The number of anilines is 1. The largest absolute Gasteiger partial charge is 0.325 e. The minimum Gasteiger partial charge on any atom is -0.325 e. The normalized spacial score (nSPS) is 12.1. The SMILES string of the molecule is CCC(Sc1ncnc2sc(-c3ccccc3)cc12)C(=O)Nc1cc(Cl)ccc1C. The number of amides is 1. The van der Waals surface area contributed by atoms with Crippen LogP contribution in [0.4, 0.5) is 5.69 Å². The number of aromatic nitrogens is 2. The molecule has 0 saturated heterocycles. The number of rotatable bonds is 6. The summed E-state index contributed by atoms with van der Waals surface area (Å²) >= 11 is 9.20. The molecule has 0 aliphatic rings. The number of thioether (sulfide) groups is 1. The van der Waals surface area contributed by atoms with Crippen molar-refractivity contribution < 1.29 is 4.79 Å². The molecule has 0 bridgehead atoms. The Kier molecular flexibility index (Phi) is 6.37. The van der Waals surface area contributed by atoms with Crippen molar-refractivity contribution in [3.05, 3.63) is 71.5 Å². The highest BCUT2D eigenvalue weighted by molar-refractivity contribution is 8.00. The summed E-state index contributed by atoms with van der Waals surface area (Å²) in [6.45, 7) is 3.95. The van der Waals surface area contributed by atoms with Gasteiger partial charge in [-0.2, -0.15) is 0 Å². The summed E-state index contributed by atoms with van der Waals surface area (Å²) in [5.41, 5.74) is 2.86. The van der Waals surface area contributed by atoms with Crippen molar-refractivity contribution in [1.29, 1.82) is 0 Å². The zero-order chi connectivity index (χ0) is 21.1. The van der Waals surface area contributed by atoms with Crippen LogP contribution in [0, 0.1) is 6.92 Å². The summed E-state index contributed by atoms with van der Waals surface area (Å²) in [4.78, 5) is 23.9. The van der Waals surface area contributed by atoms with E-state index < -0.39 is 0 Å². The zero-order valence-electron chi connectivity index (χ0n) is 16.6. The van der Waals surface area contributed by atoms with E-state index >= 15 is 0 Å². The second-order valence-corrected chi connectivity index (χ2v) is 9.50. The van der Waals surface area contributed by atoms with Gasteiger partial charge < -0.3 is 5.32 Å². The predicted molar refractivity (Wildman–Crippen MR) is 128 cm³/mol. The number of hydrogen-bond donors (Lipinski definition) is 1. The number of carbonyl (C=O) groups excluding carboxylic acids is 1. The molecule has 1 unspecified atom stereocenters. The maximum Gasteiger partial charge on any atom is 0.237 e. The Morgan fingerprint density at radius 3 is 2.73 bits per heavy atom. The summed E-state index contributed by atoms with van der Waals surface area (Å²) in [6.07, 6.45) is 2.25. The Balaban J connectivity index is 1.59. The number of thiophene rings is 1. The maximum atomic E-state index is 13.0. The van der Waals surface area contributed by atoms with Crippen LogP contribution in [0.2, 0.25) is 5.02 Å². The molecule has 1 amide bonds. The van der Waals surface area contributed by atoms with Crippen molar-refractivity contribution in [1.82, 2.24) is 9.97 Å². The highest BCUT2D eigenvalue weighted by Gasteiger charge is 2.21. The van der Waals surface area contributed by atoms with Crippen LogP contribution in [-0.4, -0.2) is 21.1 Å². The highest BCUT2D eigenvalue weighted by Crippen LogP contribution is 2.38. The van der Waals surface area contributed by atoms with Crippen LogP contribution in [-0.2, 0) is 4.79 Å². The van der Waals surface area contributed by atoms with Crippen LogP contribution >= 0.6 is 34.7 Å². The average Bonchev–Trinajstić information content (AvgIpc) is 3.20. The first-order valence-corrected chi connectivity index (χ1v) is 11.7. The van der Waals surface area contributed by atoms with Gasteiger partial charge in [0.2, 0.25) is 5.91 Å². The first-order valence-electron chi connectivity index (χ1n) is 9.58. The second kappa shape index (κ2) is 9.16. The summed E-state index contributed by atoms with van der Waals surface area (Å²) < 4.78 is 0. The van der Waals surface area contributed by atoms with Gasteiger partial charge in [0, 0.05) is 21.0 Å². The van der Waals surface area contributed by atoms with Crippen LogP contribution in [0.1, 0.15) is 18.9 Å². The lowest BCUT2D eigenvalue weighted by molar-refractivity contribution is -0.115. The highest BCUT2D eigenvalue weighted by atomic mass is 35.5. The average molecular weight is 454 g/mol. The van der Waals surface area contributed by atoms with Gasteiger partial charge in [-0.15, -0.1) is 11.3 Å². The molecular formula is C23H20ClN3OS2. The number of benzene rings is 2. The number of aryl methyl sites for hydroxylation is 1. The van der Waals surface area contributed by atoms with Gasteiger partial charge in [-0.1, -0.05) is 66.7 Å². The van der Waals surface area contributed by atoms with E-state index in [0.717, 1.165) is 36.9 Å². The Morgan fingerprint density at radius 1 is 1.17 bits per heavy atom. The van der Waals surface area contributed by atoms with Crippen molar-refractivity contribution in [3.63, 3.8) is 0 Å². The first-order chi connectivity index (χ1) is 14.5. The summed E-state index contributed by atoms with van der Waals surface area (Å²) in [7, 11) is 0. The van der Waals surface area contributed by atoms with E-state index in [4.69, 9.17) is 11.6 Å². The summed E-state index contributed by atoms with van der Waals surface area (Å²) in [6, 6.07) is 17.8. The van der Waals surface area contributed by atoms with E-state index in [0.29, 0.717) is 11.4 Å². The van der Waals surface area contributed by atoms with Crippen molar-refractivity contribution in [2.24, 2.45) is 0 Å². The lowest BCUT2D eigenvalue weighted by Crippen LogP contribution is -2.25. The molecule has 4 nitrogen and oxygen atoms in total. The van der Waals surface area contributed by atoms with Gasteiger partial charge in [0.25, 0.3) is 0 Å². The molecule has 0 spiro atoms. The van der Waals surface area contributed by atoms with Gasteiger partial charge in [0.05, 0.1) is 5.25 Å². The molecule has 2 heterocycles. The predicted octanol–water partition coefficient (Wildman–Crippen LogP) is 6.83. The molecule has 2 aromatic carbocycles. The van der Waals surface area contributed by atoms with Crippen molar-refractivity contribution >= 4 is 56.5 Å². The molecule has 0 fully saturated rings. The lowest BCUT2D eigenvalue weighted by atomic mass is 10.2. The van der Waals surface area contributed by atoms with Crippen molar-refractivity contribution in [2.45, 2.75) is 30.5 Å². The molecule has 152 valence electrons. The number of hydrogen-bond acceptors (Lipinski definition) is 5. The quantitative estimate of drug-likeness (QED) is 0.257. The summed E-state index contributed by atoms with van der Waals surface area (Å²) in [5, 5.41) is 5.14. The standard InChI is InChI=1S/C23H20ClN3OS2/c1-3-19(21(28)27-18-11-16(24)10-9-14(18)2)29-22-17-12-20(15-7-5-4-6-8-15)30-23(17)26-13-25-22/h4-13,19H,3H2,1-2H3,(H,27,28). The fourth-order valence-corrected chi connectivity index (χ4v) is 5.31. The number of halogens is 1. The molecule has 0 aliphatic carbocycles. The van der Waals surface area contributed by atoms with E-state index in [-0.39, 0.29) is 11.2 Å². The monoisotopic (exact) mass is 453 g/mol. The van der Waals surface area contributed by atoms with Gasteiger partial charge >= 0.3 is 0 Å². The van der Waals surface area contributed by atoms with Gasteiger partial charge in [0.1, 0.15) is 16.2 Å². The van der Waals surface area contributed by atoms with E-state index in [2.05, 4.69) is 33.5 Å². The Morgan fingerprint density at radius 2 is 1.97 bits per heavy atom. The second-order valence-electron chi connectivity index (χ2n) is 6.84. The Labute approximate surface area is 188 Å². The first kappa shape index (κ1) is 20.8. The van der Waals surface area contributed by atoms with Crippen LogP contribution in [0.3, 0.4) is 0 Å². The van der Waals surface area contributed by atoms with Crippen LogP contribution in [0.15, 0.2) is 66.0 Å². The Bertz CT molecular complexity index is 1190. The Hall–Kier alpha value is -2.41. The fourth-order valence-electron chi connectivity index (χ4n) is 3.07. The van der Waals surface area contributed by atoms with Crippen LogP contribution < -0.4 is 5.32 Å². The van der Waals surface area contributed by atoms with E-state index in [1.807, 2.05) is 44.2 Å². The molecule has 7 heteroatoms. The number of nitrogens with zero attached hydrogens (tertiary/aromatic N) is 2. The molecule has 0 radical (unpaired) electrons. The number of carbonyl (C=O) groups is 1. The zero-order valence-corrected chi connectivity index (χ0v) is 18.9. The molecule has 1 atom stereocenters. The minimum atomic E-state index is -0.276. The van der Waals surface area contributed by atoms with Gasteiger partial charge in [-0.05, 0) is 42.7 Å².